The van der Waals surface area contributed by atoms with Gasteiger partial charge in [-0.15, -0.1) is 0 Å². The maximum Gasteiger partial charge on any atom is 0.150 e. The monoisotopic (exact) mass is 207 g/mol. The van der Waals surface area contributed by atoms with Crippen molar-refractivity contribution in [3.63, 3.8) is 0 Å². The van der Waals surface area contributed by atoms with Crippen LogP contribution in [-0.2, 0) is 9.84 Å². The molecule has 0 bridgehead atoms. The van der Waals surface area contributed by atoms with Crippen molar-refractivity contribution in [3.05, 3.63) is 0 Å². The Morgan fingerprint density at radius 1 is 1.46 bits per heavy atom. The van der Waals surface area contributed by atoms with Crippen LogP contribution in [0.2, 0.25) is 0 Å². The van der Waals surface area contributed by atoms with Crippen LogP contribution in [0.15, 0.2) is 0 Å². The van der Waals surface area contributed by atoms with E-state index in [1.807, 2.05) is 0 Å². The van der Waals surface area contributed by atoms with Gasteiger partial charge in [0.25, 0.3) is 0 Å². The summed E-state index contributed by atoms with van der Waals surface area (Å²) in [5, 5.41) is 12.1. The van der Waals surface area contributed by atoms with Crippen LogP contribution in [0.1, 0.15) is 19.8 Å². The van der Waals surface area contributed by atoms with Crippen molar-refractivity contribution in [2.75, 3.05) is 18.1 Å². The molecule has 2 N–H and O–H groups in total. The smallest absolute Gasteiger partial charge is 0.150 e. The topological polar surface area (TPSA) is 66.4 Å². The summed E-state index contributed by atoms with van der Waals surface area (Å²) in [6, 6.07) is 0.262. The lowest BCUT2D eigenvalue weighted by Crippen LogP contribution is -2.40. The zero-order chi connectivity index (χ0) is 9.90. The summed E-state index contributed by atoms with van der Waals surface area (Å²) in [5.41, 5.74) is 0. The molecule has 1 saturated heterocycles. The minimum atomic E-state index is -2.76. The second kappa shape index (κ2) is 4.39. The van der Waals surface area contributed by atoms with E-state index >= 15 is 0 Å². The molecule has 1 atom stereocenters. The number of sulfone groups is 1. The summed E-state index contributed by atoms with van der Waals surface area (Å²) in [5.74, 6) is 0.564. The number of nitrogens with one attached hydrogen (secondary N) is 1. The number of rotatable bonds is 3. The van der Waals surface area contributed by atoms with E-state index in [0.29, 0.717) is 19.4 Å². The molecule has 13 heavy (non-hydrogen) atoms. The van der Waals surface area contributed by atoms with Gasteiger partial charge in [-0.1, -0.05) is 0 Å². The first-order valence-electron chi connectivity index (χ1n) is 4.61. The SMILES string of the molecule is C[C@@H](O)CNC1CCS(=O)(=O)CC1. The molecule has 0 aromatic heterocycles. The Morgan fingerprint density at radius 3 is 2.46 bits per heavy atom. The molecule has 1 fully saturated rings. The molecular weight excluding hydrogens is 190 g/mol. The molecule has 0 aromatic rings. The second-order valence-corrected chi connectivity index (χ2v) is 5.99. The van der Waals surface area contributed by atoms with Gasteiger partial charge in [-0.3, -0.25) is 0 Å². The molecule has 0 unspecified atom stereocenters. The van der Waals surface area contributed by atoms with Crippen molar-refractivity contribution in [2.45, 2.75) is 31.9 Å². The first-order valence-corrected chi connectivity index (χ1v) is 6.43. The molecule has 1 rings (SSSR count). The van der Waals surface area contributed by atoms with Crippen LogP contribution in [0, 0.1) is 0 Å². The van der Waals surface area contributed by atoms with Crippen molar-refractivity contribution in [1.82, 2.24) is 5.32 Å². The van der Waals surface area contributed by atoms with Crippen molar-refractivity contribution in [1.29, 1.82) is 0 Å². The Labute approximate surface area is 79.3 Å². The molecule has 0 saturated carbocycles. The number of hydrogen-bond donors (Lipinski definition) is 2. The van der Waals surface area contributed by atoms with E-state index in [-0.39, 0.29) is 23.7 Å². The third-order valence-electron chi connectivity index (χ3n) is 2.26. The first kappa shape index (κ1) is 10.9. The molecule has 0 aliphatic carbocycles. The summed E-state index contributed by atoms with van der Waals surface area (Å²) < 4.78 is 22.1. The van der Waals surface area contributed by atoms with E-state index < -0.39 is 9.84 Å². The molecule has 0 amide bonds. The lowest BCUT2D eigenvalue weighted by molar-refractivity contribution is 0.185. The fourth-order valence-electron chi connectivity index (χ4n) is 1.43. The Bertz CT molecular complexity index is 234. The zero-order valence-corrected chi connectivity index (χ0v) is 8.68. The number of hydrogen-bond acceptors (Lipinski definition) is 4. The third kappa shape index (κ3) is 4.06. The molecule has 1 aliphatic heterocycles. The van der Waals surface area contributed by atoms with Gasteiger partial charge in [-0.2, -0.15) is 0 Å². The molecule has 5 heteroatoms. The minimum absolute atomic E-state index is 0.262. The van der Waals surface area contributed by atoms with Crippen LogP contribution in [0.3, 0.4) is 0 Å². The van der Waals surface area contributed by atoms with Gasteiger partial charge >= 0.3 is 0 Å². The maximum absolute atomic E-state index is 11.1. The molecule has 1 heterocycles. The van der Waals surface area contributed by atoms with Crippen LogP contribution in [0.25, 0.3) is 0 Å². The van der Waals surface area contributed by atoms with Gasteiger partial charge < -0.3 is 10.4 Å². The molecule has 0 aromatic carbocycles. The average molecular weight is 207 g/mol. The van der Waals surface area contributed by atoms with Gasteiger partial charge in [0.05, 0.1) is 17.6 Å². The van der Waals surface area contributed by atoms with Gasteiger partial charge in [0, 0.05) is 12.6 Å². The van der Waals surface area contributed by atoms with Crippen LogP contribution in [0.4, 0.5) is 0 Å². The lowest BCUT2D eigenvalue weighted by Gasteiger charge is -2.23. The van der Waals surface area contributed by atoms with E-state index in [1.54, 1.807) is 6.92 Å². The predicted octanol–water partition coefficient (Wildman–Crippen LogP) is -0.466. The van der Waals surface area contributed by atoms with Gasteiger partial charge in [-0.05, 0) is 19.8 Å². The summed E-state index contributed by atoms with van der Waals surface area (Å²) in [6.07, 6.45) is 0.989. The van der Waals surface area contributed by atoms with Crippen molar-refractivity contribution >= 4 is 9.84 Å². The van der Waals surface area contributed by atoms with E-state index in [1.165, 1.54) is 0 Å². The van der Waals surface area contributed by atoms with Gasteiger partial charge in [0.1, 0.15) is 9.84 Å². The summed E-state index contributed by atoms with van der Waals surface area (Å²) in [6.45, 7) is 2.26. The number of aliphatic hydroxyl groups excluding tert-OH is 1. The van der Waals surface area contributed by atoms with Crippen LogP contribution in [0.5, 0.6) is 0 Å². The van der Waals surface area contributed by atoms with Crippen molar-refractivity contribution in [2.24, 2.45) is 0 Å². The van der Waals surface area contributed by atoms with E-state index in [9.17, 15) is 8.42 Å². The first-order chi connectivity index (χ1) is 5.99. The fourth-order valence-corrected chi connectivity index (χ4v) is 2.92. The summed E-state index contributed by atoms with van der Waals surface area (Å²) >= 11 is 0. The highest BCUT2D eigenvalue weighted by Gasteiger charge is 2.22. The normalized spacial score (nSPS) is 25.7. The summed E-state index contributed by atoms with van der Waals surface area (Å²) in [4.78, 5) is 0. The Kier molecular flexibility index (Phi) is 3.70. The van der Waals surface area contributed by atoms with E-state index in [2.05, 4.69) is 5.32 Å². The fraction of sp³-hybridized carbons (Fsp3) is 1.00. The van der Waals surface area contributed by atoms with E-state index in [4.69, 9.17) is 5.11 Å². The zero-order valence-electron chi connectivity index (χ0n) is 7.86. The highest BCUT2D eigenvalue weighted by Crippen LogP contribution is 2.11. The molecule has 0 radical (unpaired) electrons. The van der Waals surface area contributed by atoms with Crippen LogP contribution >= 0.6 is 0 Å². The van der Waals surface area contributed by atoms with Gasteiger partial charge in [-0.25, -0.2) is 8.42 Å². The predicted molar refractivity (Wildman–Crippen MR) is 51.4 cm³/mol. The molecule has 1 aliphatic rings. The third-order valence-corrected chi connectivity index (χ3v) is 3.97. The van der Waals surface area contributed by atoms with Crippen molar-refractivity contribution in [3.8, 4) is 0 Å². The van der Waals surface area contributed by atoms with Crippen LogP contribution < -0.4 is 5.32 Å². The van der Waals surface area contributed by atoms with Gasteiger partial charge in [0.2, 0.25) is 0 Å². The molecule has 0 spiro atoms. The quantitative estimate of drug-likeness (QED) is 0.657. The van der Waals surface area contributed by atoms with Crippen LogP contribution in [-0.4, -0.2) is 43.7 Å². The lowest BCUT2D eigenvalue weighted by atomic mass is 10.1. The minimum Gasteiger partial charge on any atom is -0.392 e. The molecule has 78 valence electrons. The Hall–Kier alpha value is -0.130. The highest BCUT2D eigenvalue weighted by molar-refractivity contribution is 7.91. The molecular formula is C8H17NO3S. The summed E-state index contributed by atoms with van der Waals surface area (Å²) in [7, 11) is -2.76. The van der Waals surface area contributed by atoms with E-state index in [0.717, 1.165) is 0 Å². The Balaban J connectivity index is 2.26. The second-order valence-electron chi connectivity index (χ2n) is 3.68. The largest absolute Gasteiger partial charge is 0.392 e. The average Bonchev–Trinajstić information content (AvgIpc) is 2.02. The maximum atomic E-state index is 11.1. The highest BCUT2D eigenvalue weighted by atomic mass is 32.2. The molecule has 4 nitrogen and oxygen atoms in total. The Morgan fingerprint density at radius 2 is 2.00 bits per heavy atom. The van der Waals surface area contributed by atoms with Crippen molar-refractivity contribution < 1.29 is 13.5 Å². The van der Waals surface area contributed by atoms with Gasteiger partial charge in [0.15, 0.2) is 0 Å². The standard InChI is InChI=1S/C8H17NO3S/c1-7(10)6-9-8-2-4-13(11,12)5-3-8/h7-10H,2-6H2,1H3/t7-/m1/s1. The number of aliphatic hydroxyl groups is 1.